The molecule has 0 heterocycles. The number of carboxylic acid groups (broad SMARTS) is 1. The van der Waals surface area contributed by atoms with Gasteiger partial charge in [-0.25, -0.2) is 4.79 Å². The number of rotatable bonds is 10. The number of ether oxygens (including phenoxy) is 2. The maximum Gasteiger partial charge on any atom is 0.490 e. The zero-order chi connectivity index (χ0) is 29.9. The number of methoxy groups -OCH3 is 1. The smallest absolute Gasteiger partial charge is 0.490 e. The summed E-state index contributed by atoms with van der Waals surface area (Å²) in [4.78, 5) is 23.8. The molecular weight excluding hydrogens is 525 g/mol. The molecule has 220 valence electrons. The average molecular weight is 565 g/mol. The van der Waals surface area contributed by atoms with E-state index in [1.807, 2.05) is 24.3 Å². The molecule has 0 bridgehead atoms. The van der Waals surface area contributed by atoms with Crippen molar-refractivity contribution in [3.63, 3.8) is 0 Å². The van der Waals surface area contributed by atoms with Gasteiger partial charge in [-0.1, -0.05) is 18.2 Å². The summed E-state index contributed by atoms with van der Waals surface area (Å²) in [5.41, 5.74) is 4.59. The Hall–Kier alpha value is -3.53. The number of nitrogens with zero attached hydrogens (tertiary/aromatic N) is 1. The van der Waals surface area contributed by atoms with Crippen LogP contribution in [0.3, 0.4) is 0 Å². The zero-order valence-electron chi connectivity index (χ0n) is 23.7. The van der Waals surface area contributed by atoms with Crippen LogP contribution in [-0.2, 0) is 22.4 Å². The average Bonchev–Trinajstić information content (AvgIpc) is 2.89. The van der Waals surface area contributed by atoms with Crippen LogP contribution in [-0.4, -0.2) is 60.4 Å². The SMILES string of the molecule is COc1ccc(NC(=O)/C=C/c2ccc3c(c2)CCCC3)cc1OCCN(C(C)C)C(C)C.O=C(O)C(F)(F)F. The number of amides is 1. The van der Waals surface area contributed by atoms with Crippen molar-refractivity contribution in [3.8, 4) is 11.5 Å². The second kappa shape index (κ2) is 15.3. The van der Waals surface area contributed by atoms with Crippen LogP contribution >= 0.6 is 0 Å². The molecule has 0 spiro atoms. The fourth-order valence-corrected chi connectivity index (χ4v) is 4.45. The van der Waals surface area contributed by atoms with E-state index < -0.39 is 12.1 Å². The van der Waals surface area contributed by atoms with Gasteiger partial charge in [0, 0.05) is 36.5 Å². The number of carbonyl (C=O) groups is 2. The Morgan fingerprint density at radius 2 is 1.62 bits per heavy atom. The van der Waals surface area contributed by atoms with Crippen LogP contribution < -0.4 is 14.8 Å². The zero-order valence-corrected chi connectivity index (χ0v) is 23.7. The molecule has 0 aliphatic heterocycles. The Bertz CT molecular complexity index is 1150. The fourth-order valence-electron chi connectivity index (χ4n) is 4.45. The lowest BCUT2D eigenvalue weighted by Crippen LogP contribution is -2.39. The number of anilines is 1. The van der Waals surface area contributed by atoms with Crippen molar-refractivity contribution in [3.05, 3.63) is 59.2 Å². The van der Waals surface area contributed by atoms with Gasteiger partial charge in [0.2, 0.25) is 5.91 Å². The van der Waals surface area contributed by atoms with Gasteiger partial charge in [-0.3, -0.25) is 9.69 Å². The van der Waals surface area contributed by atoms with E-state index in [0.29, 0.717) is 35.9 Å². The second-order valence-electron chi connectivity index (χ2n) is 10.0. The highest BCUT2D eigenvalue weighted by molar-refractivity contribution is 6.02. The van der Waals surface area contributed by atoms with Crippen molar-refractivity contribution >= 4 is 23.6 Å². The van der Waals surface area contributed by atoms with Gasteiger partial charge >= 0.3 is 12.1 Å². The normalized spacial score (nSPS) is 13.2. The summed E-state index contributed by atoms with van der Waals surface area (Å²) in [6, 6.07) is 12.8. The maximum absolute atomic E-state index is 12.5. The van der Waals surface area contributed by atoms with Crippen molar-refractivity contribution in [1.29, 1.82) is 0 Å². The number of aliphatic carboxylic acids is 1. The molecule has 1 aliphatic carbocycles. The van der Waals surface area contributed by atoms with Crippen LogP contribution in [0.1, 0.15) is 57.2 Å². The number of carboxylic acids is 1. The highest BCUT2D eigenvalue weighted by Crippen LogP contribution is 2.30. The Morgan fingerprint density at radius 1 is 1.00 bits per heavy atom. The van der Waals surface area contributed by atoms with E-state index in [0.717, 1.165) is 24.9 Å². The van der Waals surface area contributed by atoms with Gasteiger partial charge < -0.3 is 19.9 Å². The molecule has 0 atom stereocenters. The first-order valence-electron chi connectivity index (χ1n) is 13.3. The molecule has 1 amide bonds. The third kappa shape index (κ3) is 10.6. The molecule has 0 saturated heterocycles. The number of fused-ring (bicyclic) bond motifs is 1. The Labute approximate surface area is 234 Å². The van der Waals surface area contributed by atoms with Crippen molar-refractivity contribution in [2.75, 3.05) is 25.6 Å². The van der Waals surface area contributed by atoms with Crippen LogP contribution in [0.25, 0.3) is 6.08 Å². The van der Waals surface area contributed by atoms with E-state index in [9.17, 15) is 18.0 Å². The summed E-state index contributed by atoms with van der Waals surface area (Å²) in [6.45, 7) is 10.1. The number of carbonyl (C=O) groups excluding carboxylic acids is 1. The molecule has 2 N–H and O–H groups in total. The van der Waals surface area contributed by atoms with Crippen LogP contribution in [0.15, 0.2) is 42.5 Å². The molecule has 2 aromatic carbocycles. The van der Waals surface area contributed by atoms with E-state index in [1.165, 1.54) is 24.0 Å². The maximum atomic E-state index is 12.5. The van der Waals surface area contributed by atoms with Crippen LogP contribution in [0, 0.1) is 0 Å². The van der Waals surface area contributed by atoms with E-state index in [4.69, 9.17) is 19.4 Å². The predicted octanol–water partition coefficient (Wildman–Crippen LogP) is 6.36. The van der Waals surface area contributed by atoms with Crippen molar-refractivity contribution in [2.45, 2.75) is 71.6 Å². The summed E-state index contributed by atoms with van der Waals surface area (Å²) in [7, 11) is 1.62. The molecule has 7 nitrogen and oxygen atoms in total. The number of alkyl halides is 3. The third-order valence-corrected chi connectivity index (χ3v) is 6.41. The summed E-state index contributed by atoms with van der Waals surface area (Å²) in [5.74, 6) is -1.65. The van der Waals surface area contributed by atoms with Gasteiger partial charge in [-0.05, 0) is 88.3 Å². The number of hydrogen-bond acceptors (Lipinski definition) is 5. The van der Waals surface area contributed by atoms with Gasteiger partial charge in [-0.2, -0.15) is 13.2 Å². The minimum atomic E-state index is -5.08. The molecule has 0 radical (unpaired) electrons. The fraction of sp³-hybridized carbons (Fsp3) is 0.467. The quantitative estimate of drug-likeness (QED) is 0.327. The number of hydrogen-bond donors (Lipinski definition) is 2. The van der Waals surface area contributed by atoms with Crippen molar-refractivity contribution in [1.82, 2.24) is 4.90 Å². The monoisotopic (exact) mass is 564 g/mol. The number of aryl methyl sites for hydroxylation is 2. The Morgan fingerprint density at radius 3 is 2.20 bits per heavy atom. The molecule has 0 unspecified atom stereocenters. The summed E-state index contributed by atoms with van der Waals surface area (Å²) in [6.07, 6.45) is 3.18. The molecule has 0 saturated carbocycles. The van der Waals surface area contributed by atoms with E-state index in [-0.39, 0.29) is 5.91 Å². The molecule has 0 aromatic heterocycles. The standard InChI is InChI=1S/C28H38N2O3.C2HF3O2/c1-20(2)30(21(3)4)16-17-33-27-19-25(13-14-26(27)32-5)29-28(31)15-11-22-10-12-23-8-6-7-9-24(23)18-22;3-2(4,5)1(6)7/h10-15,18-21H,6-9,16-17H2,1-5H3,(H,29,31);(H,6,7)/b15-11+;. The molecule has 0 fully saturated rings. The lowest BCUT2D eigenvalue weighted by Gasteiger charge is -2.30. The first-order chi connectivity index (χ1) is 18.8. The van der Waals surface area contributed by atoms with Crippen molar-refractivity contribution in [2.24, 2.45) is 0 Å². The second-order valence-corrected chi connectivity index (χ2v) is 10.0. The third-order valence-electron chi connectivity index (χ3n) is 6.41. The topological polar surface area (TPSA) is 88.1 Å². The summed E-state index contributed by atoms with van der Waals surface area (Å²) < 4.78 is 43.2. The van der Waals surface area contributed by atoms with E-state index in [1.54, 1.807) is 13.2 Å². The summed E-state index contributed by atoms with van der Waals surface area (Å²) in [5, 5.41) is 10.1. The number of benzene rings is 2. The largest absolute Gasteiger partial charge is 0.493 e. The van der Waals surface area contributed by atoms with Crippen LogP contribution in [0.5, 0.6) is 11.5 Å². The first kappa shape index (κ1) is 32.7. The lowest BCUT2D eigenvalue weighted by molar-refractivity contribution is -0.192. The minimum Gasteiger partial charge on any atom is -0.493 e. The Balaban J connectivity index is 0.000000708. The molecule has 3 rings (SSSR count). The van der Waals surface area contributed by atoms with Gasteiger partial charge in [0.25, 0.3) is 0 Å². The predicted molar refractivity (Wildman–Crippen MR) is 150 cm³/mol. The first-order valence-corrected chi connectivity index (χ1v) is 13.3. The molecule has 1 aliphatic rings. The number of nitrogens with one attached hydrogen (secondary N) is 1. The highest BCUT2D eigenvalue weighted by Gasteiger charge is 2.38. The van der Waals surface area contributed by atoms with E-state index >= 15 is 0 Å². The van der Waals surface area contributed by atoms with Gasteiger partial charge in [0.1, 0.15) is 6.61 Å². The van der Waals surface area contributed by atoms with Gasteiger partial charge in [-0.15, -0.1) is 0 Å². The molecule has 10 heteroatoms. The minimum absolute atomic E-state index is 0.172. The van der Waals surface area contributed by atoms with Gasteiger partial charge in [0.05, 0.1) is 7.11 Å². The highest BCUT2D eigenvalue weighted by atomic mass is 19.4. The van der Waals surface area contributed by atoms with E-state index in [2.05, 4.69) is 56.1 Å². The van der Waals surface area contributed by atoms with Crippen molar-refractivity contribution < 1.29 is 37.3 Å². The van der Waals surface area contributed by atoms with Crippen LogP contribution in [0.2, 0.25) is 0 Å². The molecule has 2 aromatic rings. The molecular formula is C30H39F3N2O5. The lowest BCUT2D eigenvalue weighted by atomic mass is 9.90. The Kier molecular flexibility index (Phi) is 12.5. The number of halogens is 3. The molecule has 40 heavy (non-hydrogen) atoms. The van der Waals surface area contributed by atoms with Crippen LogP contribution in [0.4, 0.5) is 18.9 Å². The van der Waals surface area contributed by atoms with Gasteiger partial charge in [0.15, 0.2) is 11.5 Å². The summed E-state index contributed by atoms with van der Waals surface area (Å²) >= 11 is 0.